The molecule has 0 radical (unpaired) electrons. The highest BCUT2D eigenvalue weighted by Crippen LogP contribution is 2.45. The number of hydrogen-bond acceptors (Lipinski definition) is 8. The Morgan fingerprint density at radius 2 is 2.08 bits per heavy atom. The monoisotopic (exact) mass is 501 g/mol. The average molecular weight is 502 g/mol. The Balaban J connectivity index is 1.37. The van der Waals surface area contributed by atoms with Gasteiger partial charge in [-0.1, -0.05) is 12.6 Å². The van der Waals surface area contributed by atoms with Crippen LogP contribution in [0.2, 0.25) is 0 Å². The van der Waals surface area contributed by atoms with E-state index in [0.29, 0.717) is 24.1 Å². The van der Waals surface area contributed by atoms with Gasteiger partial charge in [0.25, 0.3) is 0 Å². The Hall–Kier alpha value is -3.66. The SMILES string of the molecule is C=CC(=O)N1CCC2CC(n3nc(-c4ccc5nc(CC(C)=O)sc5c4)c4c(N)ncnc43)CC2C1. The zero-order chi connectivity index (χ0) is 25.0. The summed E-state index contributed by atoms with van der Waals surface area (Å²) >= 11 is 1.53. The van der Waals surface area contributed by atoms with Crippen LogP contribution in [0.5, 0.6) is 0 Å². The number of nitrogen functional groups attached to an aromatic ring is 1. The number of rotatable bonds is 5. The third-order valence-corrected chi connectivity index (χ3v) is 8.52. The van der Waals surface area contributed by atoms with E-state index in [9.17, 15) is 9.59 Å². The van der Waals surface area contributed by atoms with Gasteiger partial charge < -0.3 is 10.6 Å². The molecular weight excluding hydrogens is 474 g/mol. The molecule has 9 nitrogen and oxygen atoms in total. The molecule has 6 rings (SSSR count). The number of piperidine rings is 1. The molecule has 3 aromatic heterocycles. The molecule has 1 aliphatic carbocycles. The first-order chi connectivity index (χ1) is 17.4. The zero-order valence-electron chi connectivity index (χ0n) is 20.1. The predicted molar refractivity (Wildman–Crippen MR) is 139 cm³/mol. The summed E-state index contributed by atoms with van der Waals surface area (Å²) in [7, 11) is 0. The number of carbonyl (C=O) groups is 2. The van der Waals surface area contributed by atoms with Gasteiger partial charge in [0, 0.05) is 18.7 Å². The summed E-state index contributed by atoms with van der Waals surface area (Å²) in [5.41, 5.74) is 9.64. The minimum absolute atomic E-state index is 0.00848. The van der Waals surface area contributed by atoms with Gasteiger partial charge in [-0.15, -0.1) is 11.3 Å². The maximum absolute atomic E-state index is 12.2. The lowest BCUT2D eigenvalue weighted by molar-refractivity contribution is -0.128. The second kappa shape index (κ2) is 8.77. The third kappa shape index (κ3) is 3.85. The molecule has 10 heteroatoms. The number of benzene rings is 1. The Bertz CT molecular complexity index is 1520. The lowest BCUT2D eigenvalue weighted by Gasteiger charge is -2.34. The molecule has 1 aliphatic heterocycles. The van der Waals surface area contributed by atoms with Gasteiger partial charge in [-0.25, -0.2) is 19.6 Å². The van der Waals surface area contributed by atoms with Crippen molar-refractivity contribution in [1.29, 1.82) is 0 Å². The highest BCUT2D eigenvalue weighted by molar-refractivity contribution is 7.18. The third-order valence-electron chi connectivity index (χ3n) is 7.50. The molecular formula is C26H27N7O2S. The minimum atomic E-state index is 0.00848. The Labute approximate surface area is 212 Å². The number of hydrogen-bond donors (Lipinski definition) is 1. The molecule has 1 amide bonds. The van der Waals surface area contributed by atoms with Crippen LogP contribution in [0.3, 0.4) is 0 Å². The molecule has 2 fully saturated rings. The van der Waals surface area contributed by atoms with Gasteiger partial charge in [-0.05, 0) is 56.2 Å². The Morgan fingerprint density at radius 1 is 1.25 bits per heavy atom. The molecule has 2 N–H and O–H groups in total. The van der Waals surface area contributed by atoms with Gasteiger partial charge in [0.2, 0.25) is 5.91 Å². The number of amides is 1. The van der Waals surface area contributed by atoms with Crippen molar-refractivity contribution in [1.82, 2.24) is 29.6 Å². The number of Topliss-reactive ketones (excluding diaryl/α,β-unsaturated/α-hetero) is 1. The molecule has 1 saturated carbocycles. The van der Waals surface area contributed by atoms with Crippen LogP contribution in [0, 0.1) is 11.8 Å². The van der Waals surface area contributed by atoms with Crippen molar-refractivity contribution in [2.24, 2.45) is 11.8 Å². The topological polar surface area (TPSA) is 120 Å². The van der Waals surface area contributed by atoms with Gasteiger partial charge in [0.15, 0.2) is 5.65 Å². The van der Waals surface area contributed by atoms with Gasteiger partial charge in [-0.2, -0.15) is 5.10 Å². The van der Waals surface area contributed by atoms with E-state index in [4.69, 9.17) is 10.8 Å². The highest BCUT2D eigenvalue weighted by Gasteiger charge is 2.40. The van der Waals surface area contributed by atoms with Crippen LogP contribution in [-0.4, -0.2) is 54.4 Å². The molecule has 3 unspecified atom stereocenters. The smallest absolute Gasteiger partial charge is 0.245 e. The van der Waals surface area contributed by atoms with Gasteiger partial charge in [0.1, 0.15) is 28.6 Å². The van der Waals surface area contributed by atoms with Crippen LogP contribution >= 0.6 is 11.3 Å². The van der Waals surface area contributed by atoms with Crippen molar-refractivity contribution >= 4 is 50.1 Å². The molecule has 36 heavy (non-hydrogen) atoms. The van der Waals surface area contributed by atoms with E-state index in [1.807, 2.05) is 21.7 Å². The van der Waals surface area contributed by atoms with Crippen LogP contribution < -0.4 is 5.73 Å². The fourth-order valence-corrected chi connectivity index (χ4v) is 6.92. The number of nitrogens with two attached hydrogens (primary N) is 1. The van der Waals surface area contributed by atoms with E-state index in [2.05, 4.69) is 27.6 Å². The van der Waals surface area contributed by atoms with Crippen molar-refractivity contribution in [2.45, 2.75) is 38.6 Å². The van der Waals surface area contributed by atoms with E-state index < -0.39 is 0 Å². The number of ketones is 1. The van der Waals surface area contributed by atoms with Gasteiger partial charge in [-0.3, -0.25) is 9.59 Å². The zero-order valence-corrected chi connectivity index (χ0v) is 20.9. The Kier molecular flexibility index (Phi) is 5.55. The lowest BCUT2D eigenvalue weighted by atomic mass is 9.89. The molecule has 2 aliphatic rings. The molecule has 1 saturated heterocycles. The molecule has 184 valence electrons. The Morgan fingerprint density at radius 3 is 2.89 bits per heavy atom. The normalized spacial score (nSPS) is 21.7. The van der Waals surface area contributed by atoms with E-state index in [-0.39, 0.29) is 17.7 Å². The molecule has 4 aromatic rings. The molecule has 0 bridgehead atoms. The quantitative estimate of drug-likeness (QED) is 0.413. The number of fused-ring (bicyclic) bond motifs is 3. The minimum Gasteiger partial charge on any atom is -0.383 e. The molecule has 1 aromatic carbocycles. The van der Waals surface area contributed by atoms with Crippen LogP contribution in [0.1, 0.15) is 37.2 Å². The van der Waals surface area contributed by atoms with Crippen LogP contribution in [0.25, 0.3) is 32.5 Å². The van der Waals surface area contributed by atoms with Crippen LogP contribution in [-0.2, 0) is 16.0 Å². The number of carbonyl (C=O) groups excluding carboxylic acids is 2. The van der Waals surface area contributed by atoms with Gasteiger partial charge in [0.05, 0.1) is 28.1 Å². The number of likely N-dealkylation sites (tertiary alicyclic amines) is 1. The van der Waals surface area contributed by atoms with Crippen molar-refractivity contribution in [3.8, 4) is 11.3 Å². The maximum atomic E-state index is 12.2. The summed E-state index contributed by atoms with van der Waals surface area (Å²) in [6.07, 6.45) is 6.17. The van der Waals surface area contributed by atoms with Crippen molar-refractivity contribution in [3.63, 3.8) is 0 Å². The largest absolute Gasteiger partial charge is 0.383 e. The first kappa shape index (κ1) is 22.8. The fraction of sp³-hybridized carbons (Fsp3) is 0.385. The summed E-state index contributed by atoms with van der Waals surface area (Å²) in [6.45, 7) is 6.76. The summed E-state index contributed by atoms with van der Waals surface area (Å²) in [4.78, 5) is 39.1. The fourth-order valence-electron chi connectivity index (χ4n) is 5.84. The summed E-state index contributed by atoms with van der Waals surface area (Å²) in [6, 6.07) is 6.19. The second-order valence-electron chi connectivity index (χ2n) is 9.84. The van der Waals surface area contributed by atoms with Crippen molar-refractivity contribution in [3.05, 3.63) is 42.2 Å². The maximum Gasteiger partial charge on any atom is 0.245 e. The summed E-state index contributed by atoms with van der Waals surface area (Å²) < 4.78 is 3.03. The average Bonchev–Trinajstić information content (AvgIpc) is 3.56. The van der Waals surface area contributed by atoms with Crippen LogP contribution in [0.4, 0.5) is 5.82 Å². The summed E-state index contributed by atoms with van der Waals surface area (Å²) in [5.74, 6) is 1.50. The van der Waals surface area contributed by atoms with Crippen LogP contribution in [0.15, 0.2) is 37.2 Å². The standard InChI is InChI=1S/C26H27N7O2S/c1-3-22(35)32-7-6-15-9-18(10-17(15)12-32)33-26-23(25(27)28-13-29-26)24(31-33)16-4-5-19-20(11-16)36-21(30-19)8-14(2)34/h3-5,11,13,15,17-18H,1,6-10,12H2,2H3,(H2,27,28,29). The molecule has 3 atom stereocenters. The number of aromatic nitrogens is 5. The van der Waals surface area contributed by atoms with Crippen molar-refractivity contribution < 1.29 is 9.59 Å². The van der Waals surface area contributed by atoms with E-state index in [1.54, 1.807) is 6.92 Å². The predicted octanol–water partition coefficient (Wildman–Crippen LogP) is 3.80. The molecule has 0 spiro atoms. The summed E-state index contributed by atoms with van der Waals surface area (Å²) in [5, 5.41) is 6.62. The van der Waals surface area contributed by atoms with E-state index in [1.165, 1.54) is 23.7 Å². The van der Waals surface area contributed by atoms with E-state index >= 15 is 0 Å². The highest BCUT2D eigenvalue weighted by atomic mass is 32.1. The lowest BCUT2D eigenvalue weighted by Crippen LogP contribution is -2.41. The number of anilines is 1. The first-order valence-electron chi connectivity index (χ1n) is 12.2. The second-order valence-corrected chi connectivity index (χ2v) is 11.0. The molecule has 4 heterocycles. The first-order valence-corrected chi connectivity index (χ1v) is 13.0. The van der Waals surface area contributed by atoms with Gasteiger partial charge >= 0.3 is 0 Å². The number of thiazole rings is 1. The van der Waals surface area contributed by atoms with E-state index in [0.717, 1.165) is 69.9 Å². The van der Waals surface area contributed by atoms with Crippen molar-refractivity contribution in [2.75, 3.05) is 18.8 Å². The number of nitrogens with zero attached hydrogens (tertiary/aromatic N) is 6.